The maximum absolute atomic E-state index is 13.5. The number of halogens is 2. The standard InChI is InChI=1S/C13H16BrFO2/c1-3-10(7-14)8-17-11-4-5-12(9(2)16)13(15)6-11/h4-6,10H,3,7-8H2,1-2H3. The smallest absolute Gasteiger partial charge is 0.162 e. The molecule has 0 aromatic heterocycles. The van der Waals surface area contributed by atoms with Crippen molar-refractivity contribution in [2.45, 2.75) is 20.3 Å². The van der Waals surface area contributed by atoms with Gasteiger partial charge in [0.15, 0.2) is 5.78 Å². The highest BCUT2D eigenvalue weighted by molar-refractivity contribution is 9.09. The predicted octanol–water partition coefficient (Wildman–Crippen LogP) is 3.83. The molecular weight excluding hydrogens is 287 g/mol. The molecule has 94 valence electrons. The molecule has 1 unspecified atom stereocenters. The topological polar surface area (TPSA) is 26.3 Å². The molecule has 0 heterocycles. The first-order valence-electron chi connectivity index (χ1n) is 5.57. The molecule has 1 aromatic carbocycles. The quantitative estimate of drug-likeness (QED) is 0.590. The third-order valence-electron chi connectivity index (χ3n) is 2.60. The molecule has 0 aliphatic rings. The summed E-state index contributed by atoms with van der Waals surface area (Å²) < 4.78 is 19.0. The fraction of sp³-hybridized carbons (Fsp3) is 0.462. The zero-order chi connectivity index (χ0) is 12.8. The van der Waals surface area contributed by atoms with Crippen molar-refractivity contribution >= 4 is 21.7 Å². The summed E-state index contributed by atoms with van der Waals surface area (Å²) in [7, 11) is 0. The van der Waals surface area contributed by atoms with Gasteiger partial charge in [0, 0.05) is 17.3 Å². The van der Waals surface area contributed by atoms with Crippen LogP contribution in [0, 0.1) is 11.7 Å². The summed E-state index contributed by atoms with van der Waals surface area (Å²) in [5, 5.41) is 0.859. The minimum atomic E-state index is -0.526. The lowest BCUT2D eigenvalue weighted by Gasteiger charge is -2.13. The summed E-state index contributed by atoms with van der Waals surface area (Å²) in [6.07, 6.45) is 0.999. The van der Waals surface area contributed by atoms with Crippen LogP contribution in [0.15, 0.2) is 18.2 Å². The molecule has 0 spiro atoms. The highest BCUT2D eigenvalue weighted by Crippen LogP contribution is 2.18. The van der Waals surface area contributed by atoms with Crippen LogP contribution in [0.2, 0.25) is 0 Å². The lowest BCUT2D eigenvalue weighted by atomic mass is 10.1. The molecule has 0 saturated carbocycles. The maximum Gasteiger partial charge on any atom is 0.162 e. The Balaban J connectivity index is 2.67. The number of ether oxygens (including phenoxy) is 1. The average Bonchev–Trinajstić information content (AvgIpc) is 2.30. The van der Waals surface area contributed by atoms with Crippen molar-refractivity contribution in [2.75, 3.05) is 11.9 Å². The van der Waals surface area contributed by atoms with Crippen molar-refractivity contribution in [3.8, 4) is 5.75 Å². The summed E-state index contributed by atoms with van der Waals surface area (Å²) in [4.78, 5) is 11.0. The number of benzene rings is 1. The second kappa shape index (κ2) is 6.74. The van der Waals surface area contributed by atoms with Gasteiger partial charge in [-0.05, 0) is 25.5 Å². The largest absolute Gasteiger partial charge is 0.493 e. The van der Waals surface area contributed by atoms with Crippen molar-refractivity contribution in [1.29, 1.82) is 0 Å². The van der Waals surface area contributed by atoms with E-state index in [0.29, 0.717) is 18.3 Å². The summed E-state index contributed by atoms with van der Waals surface area (Å²) in [6, 6.07) is 4.35. The van der Waals surface area contributed by atoms with E-state index in [2.05, 4.69) is 22.9 Å². The van der Waals surface area contributed by atoms with Gasteiger partial charge in [-0.1, -0.05) is 22.9 Å². The van der Waals surface area contributed by atoms with Gasteiger partial charge in [0.25, 0.3) is 0 Å². The van der Waals surface area contributed by atoms with Gasteiger partial charge < -0.3 is 4.74 Å². The number of Topliss-reactive ketones (excluding diaryl/α,β-unsaturated/α-hetero) is 1. The first-order valence-corrected chi connectivity index (χ1v) is 6.69. The van der Waals surface area contributed by atoms with E-state index in [9.17, 15) is 9.18 Å². The number of hydrogen-bond acceptors (Lipinski definition) is 2. The fourth-order valence-corrected chi connectivity index (χ4v) is 2.00. The third-order valence-corrected chi connectivity index (χ3v) is 3.52. The zero-order valence-electron chi connectivity index (χ0n) is 10.0. The van der Waals surface area contributed by atoms with Crippen LogP contribution in [-0.4, -0.2) is 17.7 Å². The van der Waals surface area contributed by atoms with E-state index in [4.69, 9.17) is 4.74 Å². The average molecular weight is 303 g/mol. The van der Waals surface area contributed by atoms with Crippen LogP contribution in [-0.2, 0) is 0 Å². The molecule has 0 aliphatic carbocycles. The van der Waals surface area contributed by atoms with E-state index < -0.39 is 5.82 Å². The van der Waals surface area contributed by atoms with E-state index in [1.54, 1.807) is 6.07 Å². The summed E-state index contributed by atoms with van der Waals surface area (Å²) in [5.74, 6) is 0.0697. The third kappa shape index (κ3) is 4.11. The molecule has 0 fully saturated rings. The van der Waals surface area contributed by atoms with Crippen LogP contribution in [0.25, 0.3) is 0 Å². The first-order chi connectivity index (χ1) is 8.08. The zero-order valence-corrected chi connectivity index (χ0v) is 11.6. The molecule has 2 nitrogen and oxygen atoms in total. The van der Waals surface area contributed by atoms with Gasteiger partial charge in [-0.15, -0.1) is 0 Å². The Morgan fingerprint density at radius 3 is 2.71 bits per heavy atom. The molecule has 0 amide bonds. The molecule has 0 aliphatic heterocycles. The van der Waals surface area contributed by atoms with Crippen LogP contribution in [0.5, 0.6) is 5.75 Å². The van der Waals surface area contributed by atoms with Crippen LogP contribution in [0.4, 0.5) is 4.39 Å². The van der Waals surface area contributed by atoms with E-state index >= 15 is 0 Å². The van der Waals surface area contributed by atoms with Crippen LogP contribution in [0.3, 0.4) is 0 Å². The Morgan fingerprint density at radius 1 is 1.53 bits per heavy atom. The highest BCUT2D eigenvalue weighted by atomic mass is 79.9. The summed E-state index contributed by atoms with van der Waals surface area (Å²) >= 11 is 3.40. The number of carbonyl (C=O) groups is 1. The number of rotatable bonds is 6. The SMILES string of the molecule is CCC(CBr)COc1ccc(C(C)=O)c(F)c1. The predicted molar refractivity (Wildman–Crippen MR) is 69.5 cm³/mol. The van der Waals surface area contributed by atoms with Crippen LogP contribution in [0.1, 0.15) is 30.6 Å². The molecule has 1 aromatic rings. The van der Waals surface area contributed by atoms with E-state index in [1.165, 1.54) is 19.1 Å². The number of alkyl halides is 1. The molecule has 1 rings (SSSR count). The van der Waals surface area contributed by atoms with Gasteiger partial charge in [0.2, 0.25) is 0 Å². The first kappa shape index (κ1) is 14.2. The second-order valence-electron chi connectivity index (χ2n) is 3.94. The molecule has 0 bridgehead atoms. The van der Waals surface area contributed by atoms with Crippen LogP contribution < -0.4 is 4.74 Å². The van der Waals surface area contributed by atoms with Gasteiger partial charge in [-0.2, -0.15) is 0 Å². The number of ketones is 1. The van der Waals surface area contributed by atoms with E-state index in [1.807, 2.05) is 0 Å². The van der Waals surface area contributed by atoms with Crippen LogP contribution >= 0.6 is 15.9 Å². The van der Waals surface area contributed by atoms with Crippen molar-refractivity contribution < 1.29 is 13.9 Å². The fourth-order valence-electron chi connectivity index (χ4n) is 1.36. The Morgan fingerprint density at radius 2 is 2.24 bits per heavy atom. The Labute approximate surface area is 109 Å². The lowest BCUT2D eigenvalue weighted by Crippen LogP contribution is -2.12. The second-order valence-corrected chi connectivity index (χ2v) is 4.58. The molecule has 17 heavy (non-hydrogen) atoms. The van der Waals surface area contributed by atoms with Crippen molar-refractivity contribution in [1.82, 2.24) is 0 Å². The molecule has 1 atom stereocenters. The van der Waals surface area contributed by atoms with E-state index in [0.717, 1.165) is 11.8 Å². The lowest BCUT2D eigenvalue weighted by molar-refractivity contribution is 0.101. The number of hydrogen-bond donors (Lipinski definition) is 0. The van der Waals surface area contributed by atoms with E-state index in [-0.39, 0.29) is 11.3 Å². The van der Waals surface area contributed by atoms with Gasteiger partial charge in [-0.3, -0.25) is 4.79 Å². The Kier molecular flexibility index (Phi) is 5.62. The Hall–Kier alpha value is -0.900. The van der Waals surface area contributed by atoms with Gasteiger partial charge >= 0.3 is 0 Å². The van der Waals surface area contributed by atoms with Crippen molar-refractivity contribution in [3.63, 3.8) is 0 Å². The summed E-state index contributed by atoms with van der Waals surface area (Å²) in [5.41, 5.74) is 0.102. The van der Waals surface area contributed by atoms with Gasteiger partial charge in [0.1, 0.15) is 11.6 Å². The molecular formula is C13H16BrFO2. The monoisotopic (exact) mass is 302 g/mol. The Bertz CT molecular complexity index is 389. The van der Waals surface area contributed by atoms with Crippen molar-refractivity contribution in [2.24, 2.45) is 5.92 Å². The normalized spacial score (nSPS) is 12.2. The minimum Gasteiger partial charge on any atom is -0.493 e. The molecule has 0 radical (unpaired) electrons. The molecule has 0 N–H and O–H groups in total. The molecule has 0 saturated heterocycles. The maximum atomic E-state index is 13.5. The highest BCUT2D eigenvalue weighted by Gasteiger charge is 2.10. The summed E-state index contributed by atoms with van der Waals surface area (Å²) in [6.45, 7) is 3.96. The van der Waals surface area contributed by atoms with Crippen molar-refractivity contribution in [3.05, 3.63) is 29.6 Å². The van der Waals surface area contributed by atoms with Gasteiger partial charge in [-0.25, -0.2) is 4.39 Å². The van der Waals surface area contributed by atoms with Gasteiger partial charge in [0.05, 0.1) is 12.2 Å². The number of carbonyl (C=O) groups excluding carboxylic acids is 1. The molecule has 4 heteroatoms. The minimum absolute atomic E-state index is 0.102.